The van der Waals surface area contributed by atoms with E-state index in [-0.39, 0.29) is 10.9 Å². The van der Waals surface area contributed by atoms with E-state index in [1.54, 1.807) is 7.11 Å². The van der Waals surface area contributed by atoms with Crippen molar-refractivity contribution in [3.63, 3.8) is 0 Å². The molecule has 1 N–H and O–H groups in total. The van der Waals surface area contributed by atoms with Gasteiger partial charge in [-0.25, -0.2) is 9.71 Å². The fourth-order valence-corrected chi connectivity index (χ4v) is 3.65. The van der Waals surface area contributed by atoms with E-state index in [1.165, 1.54) is 18.3 Å². The van der Waals surface area contributed by atoms with Crippen molar-refractivity contribution in [1.82, 2.24) is 9.71 Å². The Morgan fingerprint density at radius 3 is 2.71 bits per heavy atom. The number of pyridine rings is 1. The molecule has 1 saturated carbocycles. The lowest BCUT2D eigenvalue weighted by Crippen LogP contribution is -2.32. The fourth-order valence-electron chi connectivity index (χ4n) is 2.58. The minimum Gasteiger partial charge on any atom is -0.496 e. The molecule has 1 aromatic carbocycles. The molecule has 0 bridgehead atoms. The predicted octanol–water partition coefficient (Wildman–Crippen LogP) is 2.35. The molecule has 8 heteroatoms. The SMILES string of the molecule is COc1ccccc1[C@@H]1C[C@H]1C(=O)NS(=O)(=O)c1ccc(Cl)cn1. The maximum absolute atomic E-state index is 12.3. The highest BCUT2D eigenvalue weighted by Crippen LogP contribution is 2.50. The number of para-hydroxylation sites is 1. The van der Waals surface area contributed by atoms with Gasteiger partial charge >= 0.3 is 0 Å². The van der Waals surface area contributed by atoms with Crippen LogP contribution in [0.4, 0.5) is 0 Å². The van der Waals surface area contributed by atoms with Gasteiger partial charge in [0.2, 0.25) is 5.91 Å². The molecule has 0 unspecified atom stereocenters. The topological polar surface area (TPSA) is 85.4 Å². The van der Waals surface area contributed by atoms with Gasteiger partial charge in [-0.2, -0.15) is 8.42 Å². The zero-order chi connectivity index (χ0) is 17.3. The second kappa shape index (κ2) is 6.41. The molecular weight excluding hydrogens is 352 g/mol. The minimum absolute atomic E-state index is 0.0467. The minimum atomic E-state index is -4.00. The predicted molar refractivity (Wildman–Crippen MR) is 88.4 cm³/mol. The van der Waals surface area contributed by atoms with Gasteiger partial charge in [-0.1, -0.05) is 29.8 Å². The normalized spacial score (nSPS) is 19.6. The summed E-state index contributed by atoms with van der Waals surface area (Å²) in [6.45, 7) is 0. The number of hydrogen-bond acceptors (Lipinski definition) is 5. The molecule has 126 valence electrons. The molecule has 1 fully saturated rings. The molecule has 0 saturated heterocycles. The van der Waals surface area contributed by atoms with Crippen LogP contribution in [0.25, 0.3) is 0 Å². The third kappa shape index (κ3) is 3.37. The first kappa shape index (κ1) is 16.7. The van der Waals surface area contributed by atoms with Crippen molar-refractivity contribution in [1.29, 1.82) is 0 Å². The third-order valence-electron chi connectivity index (χ3n) is 3.88. The van der Waals surface area contributed by atoms with Crippen LogP contribution >= 0.6 is 11.6 Å². The van der Waals surface area contributed by atoms with Crippen molar-refractivity contribution in [3.8, 4) is 5.75 Å². The summed E-state index contributed by atoms with van der Waals surface area (Å²) in [6, 6.07) is 10.1. The van der Waals surface area contributed by atoms with Crippen LogP contribution < -0.4 is 9.46 Å². The smallest absolute Gasteiger partial charge is 0.281 e. The molecule has 3 rings (SSSR count). The van der Waals surface area contributed by atoms with Gasteiger partial charge in [0.05, 0.1) is 12.1 Å². The van der Waals surface area contributed by atoms with Gasteiger partial charge in [0.15, 0.2) is 5.03 Å². The van der Waals surface area contributed by atoms with E-state index >= 15 is 0 Å². The average Bonchev–Trinajstić information content (AvgIpc) is 3.35. The highest BCUT2D eigenvalue weighted by molar-refractivity contribution is 7.90. The summed E-state index contributed by atoms with van der Waals surface area (Å²) in [6.07, 6.45) is 1.80. The Labute approximate surface area is 144 Å². The van der Waals surface area contributed by atoms with Gasteiger partial charge in [-0.15, -0.1) is 0 Å². The number of amides is 1. The summed E-state index contributed by atoms with van der Waals surface area (Å²) in [7, 11) is -2.44. The number of carbonyl (C=O) groups excluding carboxylic acids is 1. The van der Waals surface area contributed by atoms with Gasteiger partial charge in [-0.05, 0) is 36.1 Å². The Morgan fingerprint density at radius 1 is 1.29 bits per heavy atom. The van der Waals surface area contributed by atoms with Crippen molar-refractivity contribution in [3.05, 3.63) is 53.2 Å². The third-order valence-corrected chi connectivity index (χ3v) is 5.36. The number of benzene rings is 1. The summed E-state index contributed by atoms with van der Waals surface area (Å²) in [5, 5.41) is 0.0773. The number of ether oxygens (including phenoxy) is 1. The van der Waals surface area contributed by atoms with Crippen molar-refractivity contribution in [2.45, 2.75) is 17.4 Å². The highest BCUT2D eigenvalue weighted by atomic mass is 35.5. The maximum Gasteiger partial charge on any atom is 0.281 e. The first-order chi connectivity index (χ1) is 11.4. The summed E-state index contributed by atoms with van der Waals surface area (Å²) in [5.74, 6) is -0.291. The van der Waals surface area contributed by atoms with Crippen LogP contribution in [0.5, 0.6) is 5.75 Å². The van der Waals surface area contributed by atoms with Gasteiger partial charge in [0.25, 0.3) is 10.0 Å². The van der Waals surface area contributed by atoms with E-state index in [0.717, 1.165) is 5.56 Å². The number of halogens is 1. The number of hydrogen-bond donors (Lipinski definition) is 1. The van der Waals surface area contributed by atoms with Crippen LogP contribution in [0.15, 0.2) is 47.6 Å². The van der Waals surface area contributed by atoms with Gasteiger partial charge in [-0.3, -0.25) is 4.79 Å². The summed E-state index contributed by atoms with van der Waals surface area (Å²) in [4.78, 5) is 16.0. The lowest BCUT2D eigenvalue weighted by atomic mass is 10.1. The first-order valence-electron chi connectivity index (χ1n) is 7.23. The molecule has 1 amide bonds. The van der Waals surface area contributed by atoms with Crippen LogP contribution in [0, 0.1) is 5.92 Å². The summed E-state index contributed by atoms with van der Waals surface area (Å²) < 4.78 is 31.7. The average molecular weight is 367 g/mol. The summed E-state index contributed by atoms with van der Waals surface area (Å²) >= 11 is 5.69. The summed E-state index contributed by atoms with van der Waals surface area (Å²) in [5.41, 5.74) is 0.905. The molecule has 0 aliphatic heterocycles. The number of carbonyl (C=O) groups is 1. The second-order valence-electron chi connectivity index (χ2n) is 5.48. The number of rotatable bonds is 5. The molecule has 6 nitrogen and oxygen atoms in total. The Kier molecular flexibility index (Phi) is 4.47. The largest absolute Gasteiger partial charge is 0.496 e. The molecule has 1 aliphatic carbocycles. The number of nitrogens with one attached hydrogen (secondary N) is 1. The number of nitrogens with zero attached hydrogens (tertiary/aromatic N) is 1. The molecule has 1 aliphatic rings. The number of aromatic nitrogens is 1. The van der Waals surface area contributed by atoms with Gasteiger partial charge in [0.1, 0.15) is 5.75 Å². The number of methoxy groups -OCH3 is 1. The molecule has 2 aromatic rings. The van der Waals surface area contributed by atoms with E-state index in [1.807, 2.05) is 24.3 Å². The molecule has 24 heavy (non-hydrogen) atoms. The zero-order valence-corrected chi connectivity index (χ0v) is 14.3. The van der Waals surface area contributed by atoms with Crippen LogP contribution in [0.1, 0.15) is 17.9 Å². The Bertz CT molecular complexity index is 868. The Hall–Kier alpha value is -2.12. The second-order valence-corrected chi connectivity index (χ2v) is 7.54. The van der Waals surface area contributed by atoms with E-state index < -0.39 is 21.8 Å². The van der Waals surface area contributed by atoms with Crippen molar-refractivity contribution in [2.75, 3.05) is 7.11 Å². The Morgan fingerprint density at radius 2 is 2.04 bits per heavy atom. The number of sulfonamides is 1. The van der Waals surface area contributed by atoms with Crippen LogP contribution in [-0.4, -0.2) is 26.4 Å². The van der Waals surface area contributed by atoms with E-state index in [2.05, 4.69) is 9.71 Å². The van der Waals surface area contributed by atoms with Crippen LogP contribution in [0.3, 0.4) is 0 Å². The van der Waals surface area contributed by atoms with Crippen LogP contribution in [0.2, 0.25) is 5.02 Å². The molecule has 1 heterocycles. The first-order valence-corrected chi connectivity index (χ1v) is 9.09. The zero-order valence-electron chi connectivity index (χ0n) is 12.8. The lowest BCUT2D eigenvalue weighted by Gasteiger charge is -2.08. The van der Waals surface area contributed by atoms with E-state index in [9.17, 15) is 13.2 Å². The van der Waals surface area contributed by atoms with Gasteiger partial charge < -0.3 is 4.74 Å². The highest BCUT2D eigenvalue weighted by Gasteiger charge is 2.46. The molecule has 1 aromatic heterocycles. The monoisotopic (exact) mass is 366 g/mol. The lowest BCUT2D eigenvalue weighted by molar-refractivity contribution is -0.120. The van der Waals surface area contributed by atoms with Gasteiger partial charge in [0, 0.05) is 12.1 Å². The van der Waals surface area contributed by atoms with E-state index in [4.69, 9.17) is 16.3 Å². The van der Waals surface area contributed by atoms with Crippen molar-refractivity contribution >= 4 is 27.5 Å². The fraction of sp³-hybridized carbons (Fsp3) is 0.250. The van der Waals surface area contributed by atoms with E-state index in [0.29, 0.717) is 17.2 Å². The quantitative estimate of drug-likeness (QED) is 0.877. The molecule has 0 spiro atoms. The molecular formula is C16H15ClN2O4S. The van der Waals surface area contributed by atoms with Crippen molar-refractivity contribution in [2.24, 2.45) is 5.92 Å². The molecule has 2 atom stereocenters. The molecule has 0 radical (unpaired) electrons. The van der Waals surface area contributed by atoms with Crippen LogP contribution in [-0.2, 0) is 14.8 Å². The maximum atomic E-state index is 12.3. The Balaban J connectivity index is 1.71. The van der Waals surface area contributed by atoms with Crippen molar-refractivity contribution < 1.29 is 17.9 Å². The standard InChI is InChI=1S/C16H15ClN2O4S/c1-23-14-5-3-2-4-11(14)12-8-13(12)16(20)19-24(21,22)15-7-6-10(17)9-18-15/h2-7,9,12-13H,8H2,1H3,(H,19,20)/t12-,13+/m0/s1.